The van der Waals surface area contributed by atoms with Gasteiger partial charge in [0.25, 0.3) is 0 Å². The number of carboxylic acids is 1. The van der Waals surface area contributed by atoms with Gasteiger partial charge in [-0.15, -0.1) is 0 Å². The van der Waals surface area contributed by atoms with Crippen molar-refractivity contribution < 1.29 is 28.8 Å². The fraction of sp³-hybridized carbons (Fsp3) is 0.929. The van der Waals surface area contributed by atoms with Crippen LogP contribution in [-0.4, -0.2) is 76.5 Å². The van der Waals surface area contributed by atoms with E-state index in [1.54, 1.807) is 14.2 Å². The summed E-state index contributed by atoms with van der Waals surface area (Å²) in [4.78, 5) is 11.3. The first-order valence-electron chi connectivity index (χ1n) is 7.33. The molecule has 0 bridgehead atoms. The van der Waals surface area contributed by atoms with Gasteiger partial charge in [-0.1, -0.05) is 0 Å². The van der Waals surface area contributed by atoms with E-state index in [1.165, 1.54) is 0 Å². The van der Waals surface area contributed by atoms with Gasteiger partial charge in [-0.25, -0.2) is 0 Å². The molecule has 2 unspecified atom stereocenters. The molecule has 0 aromatic carbocycles. The van der Waals surface area contributed by atoms with Gasteiger partial charge in [-0.3, -0.25) is 4.79 Å². The Morgan fingerprint density at radius 3 is 2.33 bits per heavy atom. The number of nitrogens with one attached hydrogen (secondary N) is 1. The molecule has 0 amide bonds. The summed E-state index contributed by atoms with van der Waals surface area (Å²) in [5.74, 6) is -0.805. The number of likely N-dealkylation sites (N-methyl/N-ethyl adjacent to an activating group) is 1. The zero-order valence-corrected chi connectivity index (χ0v) is 12.9. The standard InChI is InChI=1S/C14H27NO6/c1-15-14(13(16)17)4-3-12(11-14)21-10-9-20-8-7-19-6-5-18-2/h12,15H,3-11H2,1-2H3,(H,16,17). The summed E-state index contributed by atoms with van der Waals surface area (Å²) in [5.41, 5.74) is -0.833. The normalized spacial score (nSPS) is 25.3. The topological polar surface area (TPSA) is 86.3 Å². The van der Waals surface area contributed by atoms with Crippen LogP contribution in [0.3, 0.4) is 0 Å². The Bertz CT molecular complexity index is 301. The van der Waals surface area contributed by atoms with Crippen molar-refractivity contribution >= 4 is 5.97 Å². The van der Waals surface area contributed by atoms with Crippen LogP contribution >= 0.6 is 0 Å². The average molecular weight is 305 g/mol. The van der Waals surface area contributed by atoms with Crippen molar-refractivity contribution in [3.8, 4) is 0 Å². The first-order valence-corrected chi connectivity index (χ1v) is 7.33. The lowest BCUT2D eigenvalue weighted by Crippen LogP contribution is -2.48. The number of ether oxygens (including phenoxy) is 4. The smallest absolute Gasteiger partial charge is 0.323 e. The van der Waals surface area contributed by atoms with Crippen molar-refractivity contribution in [2.45, 2.75) is 30.9 Å². The summed E-state index contributed by atoms with van der Waals surface area (Å²) in [6, 6.07) is 0. The maximum absolute atomic E-state index is 11.3. The van der Waals surface area contributed by atoms with Crippen LogP contribution in [0.1, 0.15) is 19.3 Å². The average Bonchev–Trinajstić information content (AvgIpc) is 2.90. The lowest BCUT2D eigenvalue weighted by molar-refractivity contribution is -0.144. The molecule has 1 aliphatic carbocycles. The Morgan fingerprint density at radius 2 is 1.81 bits per heavy atom. The molecule has 7 heteroatoms. The van der Waals surface area contributed by atoms with Crippen LogP contribution in [0.15, 0.2) is 0 Å². The molecule has 2 N–H and O–H groups in total. The van der Waals surface area contributed by atoms with E-state index in [1.807, 2.05) is 0 Å². The minimum atomic E-state index is -0.833. The summed E-state index contributed by atoms with van der Waals surface area (Å²) in [5, 5.41) is 12.2. The van der Waals surface area contributed by atoms with Crippen molar-refractivity contribution in [3.63, 3.8) is 0 Å². The number of hydrogen-bond acceptors (Lipinski definition) is 6. The third kappa shape index (κ3) is 6.27. The molecule has 21 heavy (non-hydrogen) atoms. The van der Waals surface area contributed by atoms with Gasteiger partial charge >= 0.3 is 5.97 Å². The molecule has 1 rings (SSSR count). The summed E-state index contributed by atoms with van der Waals surface area (Å²) in [6.07, 6.45) is 1.83. The van der Waals surface area contributed by atoms with E-state index in [9.17, 15) is 9.90 Å². The largest absolute Gasteiger partial charge is 0.480 e. The highest BCUT2D eigenvalue weighted by atomic mass is 16.6. The van der Waals surface area contributed by atoms with E-state index in [2.05, 4.69) is 5.32 Å². The molecule has 1 fully saturated rings. The van der Waals surface area contributed by atoms with Crippen LogP contribution in [0.2, 0.25) is 0 Å². The second-order valence-corrected chi connectivity index (χ2v) is 5.09. The third-order valence-electron chi connectivity index (χ3n) is 3.74. The number of aliphatic carboxylic acids is 1. The second kappa shape index (κ2) is 10.1. The number of carbonyl (C=O) groups is 1. The third-order valence-corrected chi connectivity index (χ3v) is 3.74. The number of hydrogen-bond donors (Lipinski definition) is 2. The van der Waals surface area contributed by atoms with Gasteiger partial charge in [0.1, 0.15) is 5.54 Å². The second-order valence-electron chi connectivity index (χ2n) is 5.09. The Labute approximate surface area is 125 Å². The molecule has 1 saturated carbocycles. The van der Waals surface area contributed by atoms with Gasteiger partial charge in [0, 0.05) is 13.5 Å². The minimum Gasteiger partial charge on any atom is -0.480 e. The van der Waals surface area contributed by atoms with E-state index in [-0.39, 0.29) is 6.10 Å². The van der Waals surface area contributed by atoms with Crippen LogP contribution in [0.5, 0.6) is 0 Å². The number of carboxylic acid groups (broad SMARTS) is 1. The first kappa shape index (κ1) is 18.3. The molecule has 0 aromatic heterocycles. The Kier molecular flexibility index (Phi) is 8.79. The lowest BCUT2D eigenvalue weighted by atomic mass is 9.98. The Hall–Kier alpha value is -0.730. The fourth-order valence-electron chi connectivity index (χ4n) is 2.41. The molecule has 0 spiro atoms. The molecule has 2 atom stereocenters. The van der Waals surface area contributed by atoms with Crippen LogP contribution in [0.25, 0.3) is 0 Å². The van der Waals surface area contributed by atoms with Crippen molar-refractivity contribution in [3.05, 3.63) is 0 Å². The summed E-state index contributed by atoms with van der Waals surface area (Å²) in [7, 11) is 3.32. The maximum atomic E-state index is 11.3. The molecule has 7 nitrogen and oxygen atoms in total. The van der Waals surface area contributed by atoms with E-state index in [0.29, 0.717) is 52.5 Å². The highest BCUT2D eigenvalue weighted by Gasteiger charge is 2.44. The van der Waals surface area contributed by atoms with Gasteiger partial charge in [0.15, 0.2) is 0 Å². The van der Waals surface area contributed by atoms with Crippen LogP contribution in [0.4, 0.5) is 0 Å². The van der Waals surface area contributed by atoms with Crippen molar-refractivity contribution in [2.75, 3.05) is 53.8 Å². The van der Waals surface area contributed by atoms with Gasteiger partial charge in [0.05, 0.1) is 45.7 Å². The fourth-order valence-corrected chi connectivity index (χ4v) is 2.41. The minimum absolute atomic E-state index is 0.0184. The van der Waals surface area contributed by atoms with Crippen molar-refractivity contribution in [1.29, 1.82) is 0 Å². The highest BCUT2D eigenvalue weighted by molar-refractivity contribution is 5.79. The van der Waals surface area contributed by atoms with E-state index < -0.39 is 11.5 Å². The van der Waals surface area contributed by atoms with Gasteiger partial charge in [-0.2, -0.15) is 0 Å². The predicted octanol–water partition coefficient (Wildman–Crippen LogP) is 0.278. The molecule has 0 aromatic rings. The molecule has 0 aliphatic heterocycles. The van der Waals surface area contributed by atoms with Crippen LogP contribution in [-0.2, 0) is 23.7 Å². The van der Waals surface area contributed by atoms with E-state index >= 15 is 0 Å². The molecule has 0 saturated heterocycles. The highest BCUT2D eigenvalue weighted by Crippen LogP contribution is 2.31. The van der Waals surface area contributed by atoms with E-state index in [0.717, 1.165) is 6.42 Å². The summed E-state index contributed by atoms with van der Waals surface area (Å²) in [6.45, 7) is 3.18. The number of rotatable bonds is 12. The molecule has 0 radical (unpaired) electrons. The van der Waals surface area contributed by atoms with E-state index in [4.69, 9.17) is 18.9 Å². The zero-order chi connectivity index (χ0) is 15.6. The van der Waals surface area contributed by atoms with Crippen LogP contribution in [0, 0.1) is 0 Å². The Morgan fingerprint density at radius 1 is 1.19 bits per heavy atom. The zero-order valence-electron chi connectivity index (χ0n) is 12.9. The SMILES string of the molecule is CNC1(C(=O)O)CCC(OCCOCCOCCOC)C1. The quantitative estimate of drug-likeness (QED) is 0.501. The Balaban J connectivity index is 2.01. The maximum Gasteiger partial charge on any atom is 0.323 e. The number of methoxy groups -OCH3 is 1. The molecule has 124 valence electrons. The molecular formula is C14H27NO6. The first-order chi connectivity index (χ1) is 10.1. The van der Waals surface area contributed by atoms with Gasteiger partial charge in [-0.05, 0) is 19.9 Å². The summed E-state index contributed by atoms with van der Waals surface area (Å²) < 4.78 is 21.2. The predicted molar refractivity (Wildman–Crippen MR) is 76.5 cm³/mol. The molecular weight excluding hydrogens is 278 g/mol. The van der Waals surface area contributed by atoms with Crippen molar-refractivity contribution in [2.24, 2.45) is 0 Å². The lowest BCUT2D eigenvalue weighted by Gasteiger charge is -2.23. The monoisotopic (exact) mass is 305 g/mol. The molecule has 0 heterocycles. The van der Waals surface area contributed by atoms with Crippen LogP contribution < -0.4 is 5.32 Å². The van der Waals surface area contributed by atoms with Crippen molar-refractivity contribution in [1.82, 2.24) is 5.32 Å². The summed E-state index contributed by atoms with van der Waals surface area (Å²) >= 11 is 0. The molecule has 1 aliphatic rings. The van der Waals surface area contributed by atoms with Gasteiger partial charge < -0.3 is 29.4 Å². The van der Waals surface area contributed by atoms with Gasteiger partial charge in [0.2, 0.25) is 0 Å².